The van der Waals surface area contributed by atoms with Crippen LogP contribution >= 0.6 is 23.8 Å². The Morgan fingerprint density at radius 1 is 1.27 bits per heavy atom. The van der Waals surface area contributed by atoms with Gasteiger partial charge in [-0.25, -0.2) is 4.68 Å². The maximum atomic E-state index is 5.89. The highest BCUT2D eigenvalue weighted by Crippen LogP contribution is 2.23. The first-order valence-electron chi connectivity index (χ1n) is 6.92. The number of nitrogens with one attached hydrogen (secondary N) is 2. The van der Waals surface area contributed by atoms with Gasteiger partial charge in [-0.2, -0.15) is 5.10 Å². The number of nitrogens with zero attached hydrogens (tertiary/aromatic N) is 2. The van der Waals surface area contributed by atoms with Crippen LogP contribution in [-0.2, 0) is 13.0 Å². The van der Waals surface area contributed by atoms with Gasteiger partial charge in [0.1, 0.15) is 11.5 Å². The third-order valence-corrected chi connectivity index (χ3v) is 3.79. The molecular formula is C15H15ClN4OS. The Hall–Kier alpha value is -2.05. The van der Waals surface area contributed by atoms with Crippen molar-refractivity contribution >= 4 is 23.8 Å². The summed E-state index contributed by atoms with van der Waals surface area (Å²) >= 11 is 11.1. The molecule has 0 saturated heterocycles. The molecule has 114 valence electrons. The van der Waals surface area contributed by atoms with Gasteiger partial charge < -0.3 is 9.84 Å². The predicted molar refractivity (Wildman–Crippen MR) is 89.0 cm³/mol. The molecule has 3 rings (SSSR count). The standard InChI is InChI=1S/C15H15ClN4OS/c1-2-14-18-19-15(22)20(14)17-9-12-7-8-13(21-12)10-3-5-11(16)6-4-10/h3-8,17H,2,9H2,1H3,(H,19,22). The van der Waals surface area contributed by atoms with Gasteiger partial charge in [0, 0.05) is 17.0 Å². The first-order chi connectivity index (χ1) is 10.7. The highest BCUT2D eigenvalue weighted by atomic mass is 35.5. The van der Waals surface area contributed by atoms with Crippen molar-refractivity contribution in [3.05, 3.63) is 57.8 Å². The molecule has 0 aliphatic rings. The predicted octanol–water partition coefficient (Wildman–Crippen LogP) is 4.16. The molecule has 0 atom stereocenters. The number of aromatic nitrogens is 3. The van der Waals surface area contributed by atoms with Crippen molar-refractivity contribution in [3.63, 3.8) is 0 Å². The molecule has 0 bridgehead atoms. The molecule has 22 heavy (non-hydrogen) atoms. The van der Waals surface area contributed by atoms with Crippen LogP contribution in [0.25, 0.3) is 11.3 Å². The van der Waals surface area contributed by atoms with E-state index in [1.165, 1.54) is 0 Å². The maximum Gasteiger partial charge on any atom is 0.214 e. The first-order valence-corrected chi connectivity index (χ1v) is 7.71. The van der Waals surface area contributed by atoms with E-state index in [1.807, 2.05) is 43.3 Å². The lowest BCUT2D eigenvalue weighted by atomic mass is 10.2. The van der Waals surface area contributed by atoms with Crippen molar-refractivity contribution in [2.45, 2.75) is 19.9 Å². The molecule has 7 heteroatoms. The van der Waals surface area contributed by atoms with Gasteiger partial charge in [-0.05, 0) is 48.6 Å². The number of rotatable bonds is 5. The Bertz CT molecular complexity index is 819. The van der Waals surface area contributed by atoms with Crippen LogP contribution < -0.4 is 5.43 Å². The Balaban J connectivity index is 1.73. The van der Waals surface area contributed by atoms with E-state index in [-0.39, 0.29) is 0 Å². The highest BCUT2D eigenvalue weighted by Gasteiger charge is 2.07. The molecule has 0 spiro atoms. The lowest BCUT2D eigenvalue weighted by Crippen LogP contribution is -2.16. The zero-order chi connectivity index (χ0) is 15.5. The second kappa shape index (κ2) is 6.37. The molecule has 1 aromatic carbocycles. The van der Waals surface area contributed by atoms with Gasteiger partial charge in [0.25, 0.3) is 0 Å². The number of halogens is 1. The Morgan fingerprint density at radius 3 is 2.77 bits per heavy atom. The van der Waals surface area contributed by atoms with Crippen molar-refractivity contribution < 1.29 is 4.42 Å². The summed E-state index contributed by atoms with van der Waals surface area (Å²) in [6.07, 6.45) is 0.786. The van der Waals surface area contributed by atoms with Crippen molar-refractivity contribution in [1.82, 2.24) is 14.9 Å². The molecule has 0 fully saturated rings. The van der Waals surface area contributed by atoms with E-state index in [2.05, 4.69) is 15.6 Å². The van der Waals surface area contributed by atoms with Crippen molar-refractivity contribution in [3.8, 4) is 11.3 Å². The monoisotopic (exact) mass is 334 g/mol. The van der Waals surface area contributed by atoms with Gasteiger partial charge in [0.05, 0.1) is 6.54 Å². The van der Waals surface area contributed by atoms with Crippen LogP contribution in [0.4, 0.5) is 0 Å². The second-order valence-electron chi connectivity index (χ2n) is 4.74. The number of benzene rings is 1. The maximum absolute atomic E-state index is 5.89. The number of aromatic amines is 1. The normalized spacial score (nSPS) is 10.8. The van der Waals surface area contributed by atoms with E-state index < -0.39 is 0 Å². The molecule has 0 radical (unpaired) electrons. The van der Waals surface area contributed by atoms with E-state index >= 15 is 0 Å². The highest BCUT2D eigenvalue weighted by molar-refractivity contribution is 7.71. The van der Waals surface area contributed by atoms with Gasteiger partial charge in [-0.1, -0.05) is 18.5 Å². The first kappa shape index (κ1) is 14.9. The van der Waals surface area contributed by atoms with E-state index in [1.54, 1.807) is 4.68 Å². The Morgan fingerprint density at radius 2 is 2.05 bits per heavy atom. The molecular weight excluding hydrogens is 320 g/mol. The fourth-order valence-electron chi connectivity index (χ4n) is 2.13. The molecule has 5 nitrogen and oxygen atoms in total. The third kappa shape index (κ3) is 3.08. The van der Waals surface area contributed by atoms with Crippen LogP contribution in [0.15, 0.2) is 40.8 Å². The molecule has 2 aromatic heterocycles. The molecule has 0 unspecified atom stereocenters. The summed E-state index contributed by atoms with van der Waals surface area (Å²) in [5, 5.41) is 7.63. The van der Waals surface area contributed by atoms with Gasteiger partial charge in [-0.3, -0.25) is 5.10 Å². The van der Waals surface area contributed by atoms with Crippen LogP contribution in [0, 0.1) is 4.77 Å². The number of aryl methyl sites for hydroxylation is 1. The molecule has 0 amide bonds. The van der Waals surface area contributed by atoms with Crippen LogP contribution in [0.1, 0.15) is 18.5 Å². The summed E-state index contributed by atoms with van der Waals surface area (Å²) in [6.45, 7) is 2.54. The minimum absolute atomic E-state index is 0.522. The molecule has 0 aliphatic heterocycles. The Kier molecular flexibility index (Phi) is 4.31. The van der Waals surface area contributed by atoms with E-state index in [9.17, 15) is 0 Å². The smallest absolute Gasteiger partial charge is 0.214 e. The molecule has 2 heterocycles. The summed E-state index contributed by atoms with van der Waals surface area (Å²) < 4.78 is 8.14. The van der Waals surface area contributed by atoms with Crippen LogP contribution in [0.2, 0.25) is 5.02 Å². The number of hydrogen-bond donors (Lipinski definition) is 2. The van der Waals surface area contributed by atoms with E-state index in [0.717, 1.165) is 29.3 Å². The van der Waals surface area contributed by atoms with Gasteiger partial charge in [0.2, 0.25) is 4.77 Å². The summed E-state index contributed by atoms with van der Waals surface area (Å²) in [6, 6.07) is 11.4. The quantitative estimate of drug-likeness (QED) is 0.688. The minimum Gasteiger partial charge on any atom is -0.459 e. The number of hydrogen-bond acceptors (Lipinski definition) is 4. The van der Waals surface area contributed by atoms with Crippen molar-refractivity contribution in [2.75, 3.05) is 5.43 Å². The molecule has 0 saturated carbocycles. The zero-order valence-corrected chi connectivity index (χ0v) is 13.5. The Labute approximate surface area is 137 Å². The summed E-state index contributed by atoms with van der Waals surface area (Å²) in [5.41, 5.74) is 4.20. The second-order valence-corrected chi connectivity index (χ2v) is 5.56. The summed E-state index contributed by atoms with van der Waals surface area (Å²) in [4.78, 5) is 0. The number of H-pyrrole nitrogens is 1. The van der Waals surface area contributed by atoms with Gasteiger partial charge in [-0.15, -0.1) is 0 Å². The SMILES string of the molecule is CCc1n[nH]c(=S)n1NCc1ccc(-c2ccc(Cl)cc2)o1. The van der Waals surface area contributed by atoms with Crippen LogP contribution in [-0.4, -0.2) is 14.9 Å². The van der Waals surface area contributed by atoms with Crippen molar-refractivity contribution in [2.24, 2.45) is 0 Å². The summed E-state index contributed by atoms with van der Waals surface area (Å²) in [5.74, 6) is 2.48. The lowest BCUT2D eigenvalue weighted by molar-refractivity contribution is 0.521. The van der Waals surface area contributed by atoms with Gasteiger partial charge >= 0.3 is 0 Å². The summed E-state index contributed by atoms with van der Waals surface area (Å²) in [7, 11) is 0. The largest absolute Gasteiger partial charge is 0.459 e. The molecule has 0 aliphatic carbocycles. The number of furan rings is 1. The van der Waals surface area contributed by atoms with E-state index in [0.29, 0.717) is 16.3 Å². The lowest BCUT2D eigenvalue weighted by Gasteiger charge is -2.07. The molecule has 3 aromatic rings. The van der Waals surface area contributed by atoms with Crippen LogP contribution in [0.3, 0.4) is 0 Å². The fourth-order valence-corrected chi connectivity index (χ4v) is 2.47. The fraction of sp³-hybridized carbons (Fsp3) is 0.200. The van der Waals surface area contributed by atoms with Crippen molar-refractivity contribution in [1.29, 1.82) is 0 Å². The third-order valence-electron chi connectivity index (χ3n) is 3.26. The van der Waals surface area contributed by atoms with Gasteiger partial charge in [0.15, 0.2) is 5.82 Å². The zero-order valence-electron chi connectivity index (χ0n) is 12.0. The minimum atomic E-state index is 0.522. The molecule has 2 N–H and O–H groups in total. The topological polar surface area (TPSA) is 58.8 Å². The average molecular weight is 335 g/mol. The average Bonchev–Trinajstić information content (AvgIpc) is 3.12. The van der Waals surface area contributed by atoms with E-state index in [4.69, 9.17) is 28.2 Å². The van der Waals surface area contributed by atoms with Crippen LogP contribution in [0.5, 0.6) is 0 Å².